The fourth-order valence-electron chi connectivity index (χ4n) is 0.654. The second kappa shape index (κ2) is 2.35. The van der Waals surface area contributed by atoms with Crippen molar-refractivity contribution in [2.45, 2.75) is 13.3 Å². The molecule has 0 atom stereocenters. The third-order valence-electron chi connectivity index (χ3n) is 1.07. The van der Waals surface area contributed by atoms with Gasteiger partial charge in [-0.15, -0.1) is 0 Å². The molecule has 1 saturated heterocycles. The van der Waals surface area contributed by atoms with Crippen LogP contribution < -0.4 is 0 Å². The number of hydrogen-bond acceptors (Lipinski definition) is 3. The van der Waals surface area contributed by atoms with Gasteiger partial charge in [-0.05, 0) is 18.7 Å². The van der Waals surface area contributed by atoms with Crippen molar-refractivity contribution in [2.75, 3.05) is 0 Å². The van der Waals surface area contributed by atoms with E-state index in [0.29, 0.717) is 4.91 Å². The molecule has 0 radical (unpaired) electrons. The molecule has 0 spiro atoms. The van der Waals surface area contributed by atoms with Crippen molar-refractivity contribution in [3.8, 4) is 0 Å². The number of rotatable bonds is 0. The highest BCUT2D eigenvalue weighted by atomic mass is 32.2. The van der Waals surface area contributed by atoms with Crippen molar-refractivity contribution in [1.29, 1.82) is 0 Å². The number of Topliss-reactive ketones (excluding diaryl/α,β-unsaturated/α-hetero) is 1. The van der Waals surface area contributed by atoms with Gasteiger partial charge in [0, 0.05) is 0 Å². The van der Waals surface area contributed by atoms with Crippen LogP contribution >= 0.6 is 11.8 Å². The molecule has 2 nitrogen and oxygen atoms in total. The molecule has 0 saturated carbocycles. The summed E-state index contributed by atoms with van der Waals surface area (Å²) in [6, 6.07) is 0. The summed E-state index contributed by atoms with van der Waals surface area (Å²) >= 11 is 1.05. The van der Waals surface area contributed by atoms with Gasteiger partial charge < -0.3 is 0 Å². The van der Waals surface area contributed by atoms with Gasteiger partial charge in [0.2, 0.25) is 5.12 Å². The molecule has 9 heavy (non-hydrogen) atoms. The molecule has 0 aliphatic carbocycles. The highest BCUT2D eigenvalue weighted by Crippen LogP contribution is 2.27. The fraction of sp³-hybridized carbons (Fsp3) is 0.333. The van der Waals surface area contributed by atoms with Crippen molar-refractivity contribution in [3.63, 3.8) is 0 Å². The van der Waals surface area contributed by atoms with Gasteiger partial charge in [-0.2, -0.15) is 0 Å². The summed E-state index contributed by atoms with van der Waals surface area (Å²) < 4.78 is 0. The summed E-state index contributed by atoms with van der Waals surface area (Å²) in [7, 11) is 0. The van der Waals surface area contributed by atoms with Crippen LogP contribution in [-0.2, 0) is 9.59 Å². The second-order valence-corrected chi connectivity index (χ2v) is 2.83. The molecule has 1 aliphatic rings. The Hall–Kier alpha value is -0.570. The van der Waals surface area contributed by atoms with E-state index in [1.807, 2.05) is 0 Å². The van der Waals surface area contributed by atoms with Crippen molar-refractivity contribution < 1.29 is 9.59 Å². The molecule has 3 heteroatoms. The lowest BCUT2D eigenvalue weighted by molar-refractivity contribution is -0.119. The van der Waals surface area contributed by atoms with Gasteiger partial charge in [-0.1, -0.05) is 6.08 Å². The van der Waals surface area contributed by atoms with E-state index in [4.69, 9.17) is 0 Å². The summed E-state index contributed by atoms with van der Waals surface area (Å²) in [5.74, 6) is -0.0347. The normalized spacial score (nSPS) is 23.9. The molecule has 1 aliphatic heterocycles. The molecule has 0 aromatic heterocycles. The van der Waals surface area contributed by atoms with Crippen LogP contribution in [-0.4, -0.2) is 10.9 Å². The van der Waals surface area contributed by atoms with Gasteiger partial charge in [0.25, 0.3) is 0 Å². The molecule has 0 bridgehead atoms. The highest BCUT2D eigenvalue weighted by Gasteiger charge is 2.24. The Kier molecular flexibility index (Phi) is 1.71. The number of hydrogen-bond donors (Lipinski definition) is 0. The molecule has 1 fully saturated rings. The number of thioether (sulfide) groups is 1. The second-order valence-electron chi connectivity index (χ2n) is 1.73. The first-order valence-electron chi connectivity index (χ1n) is 2.64. The summed E-state index contributed by atoms with van der Waals surface area (Å²) in [4.78, 5) is 21.8. The average molecular weight is 142 g/mol. The first kappa shape index (κ1) is 6.55. The molecule has 0 aromatic rings. The average Bonchev–Trinajstić information content (AvgIpc) is 2.10. The lowest BCUT2D eigenvalue weighted by Gasteiger charge is -1.82. The van der Waals surface area contributed by atoms with E-state index in [0.717, 1.165) is 11.8 Å². The Balaban J connectivity index is 2.81. The van der Waals surface area contributed by atoms with E-state index in [9.17, 15) is 9.59 Å². The van der Waals surface area contributed by atoms with E-state index in [2.05, 4.69) is 0 Å². The SMILES string of the molecule is C/C=C1\SC(=O)CC1=O. The van der Waals surface area contributed by atoms with Gasteiger partial charge in [0.1, 0.15) is 0 Å². The van der Waals surface area contributed by atoms with Crippen LogP contribution in [0.15, 0.2) is 11.0 Å². The topological polar surface area (TPSA) is 34.1 Å². The van der Waals surface area contributed by atoms with Gasteiger partial charge >= 0.3 is 0 Å². The van der Waals surface area contributed by atoms with Crippen LogP contribution in [0.4, 0.5) is 0 Å². The molecule has 1 heterocycles. The van der Waals surface area contributed by atoms with Crippen LogP contribution in [0.5, 0.6) is 0 Å². The van der Waals surface area contributed by atoms with Crippen molar-refractivity contribution in [1.82, 2.24) is 0 Å². The summed E-state index contributed by atoms with van der Waals surface area (Å²) in [6.07, 6.45) is 1.77. The van der Waals surface area contributed by atoms with Crippen LogP contribution in [0.3, 0.4) is 0 Å². The van der Waals surface area contributed by atoms with Gasteiger partial charge in [0.05, 0.1) is 11.3 Å². The molecule has 0 aromatic carbocycles. The first-order valence-corrected chi connectivity index (χ1v) is 3.46. The first-order chi connectivity index (χ1) is 4.24. The Labute approximate surface area is 57.3 Å². The zero-order valence-corrected chi connectivity index (χ0v) is 5.83. The largest absolute Gasteiger partial charge is 0.293 e. The number of allylic oxidation sites excluding steroid dienone is 2. The van der Waals surface area contributed by atoms with Crippen LogP contribution in [0.25, 0.3) is 0 Å². The molecular weight excluding hydrogens is 136 g/mol. The number of ketones is 1. The van der Waals surface area contributed by atoms with E-state index in [1.54, 1.807) is 13.0 Å². The Bertz CT molecular complexity index is 193. The molecule has 0 N–H and O–H groups in total. The standard InChI is InChI=1S/C6H6O2S/c1-2-5-4(7)3-6(8)9-5/h2H,3H2,1H3/b5-2-. The van der Waals surface area contributed by atoms with E-state index >= 15 is 0 Å². The van der Waals surface area contributed by atoms with Gasteiger partial charge in [-0.25, -0.2) is 0 Å². The zero-order valence-electron chi connectivity index (χ0n) is 5.01. The number of carbonyl (C=O) groups excluding carboxylic acids is 2. The maximum Gasteiger partial charge on any atom is 0.201 e. The summed E-state index contributed by atoms with van der Waals surface area (Å²) in [6.45, 7) is 1.76. The van der Waals surface area contributed by atoms with Crippen molar-refractivity contribution >= 4 is 22.7 Å². The third kappa shape index (κ3) is 1.21. The summed E-state index contributed by atoms with van der Waals surface area (Å²) in [5.41, 5.74) is 0. The Morgan fingerprint density at radius 3 is 2.44 bits per heavy atom. The maximum absolute atomic E-state index is 10.7. The zero-order chi connectivity index (χ0) is 6.85. The molecular formula is C6H6O2S. The fourth-order valence-corrected chi connectivity index (χ4v) is 1.41. The predicted molar refractivity (Wildman–Crippen MR) is 36.0 cm³/mol. The van der Waals surface area contributed by atoms with Crippen molar-refractivity contribution in [3.05, 3.63) is 11.0 Å². The molecule has 0 amide bonds. The maximum atomic E-state index is 10.7. The van der Waals surface area contributed by atoms with Crippen LogP contribution in [0.2, 0.25) is 0 Å². The lowest BCUT2D eigenvalue weighted by atomic mass is 10.3. The minimum absolute atomic E-state index is 0.0342. The third-order valence-corrected chi connectivity index (χ3v) is 2.12. The van der Waals surface area contributed by atoms with E-state index in [-0.39, 0.29) is 17.3 Å². The van der Waals surface area contributed by atoms with Gasteiger partial charge in [-0.3, -0.25) is 9.59 Å². The Morgan fingerprint density at radius 2 is 2.22 bits per heavy atom. The quantitative estimate of drug-likeness (QED) is 0.375. The van der Waals surface area contributed by atoms with Gasteiger partial charge in [0.15, 0.2) is 5.78 Å². The Morgan fingerprint density at radius 1 is 1.56 bits per heavy atom. The van der Waals surface area contributed by atoms with E-state index in [1.165, 1.54) is 0 Å². The lowest BCUT2D eigenvalue weighted by Crippen LogP contribution is -1.90. The number of carbonyl (C=O) groups is 2. The highest BCUT2D eigenvalue weighted by molar-refractivity contribution is 8.18. The minimum atomic E-state index is -0.0347. The van der Waals surface area contributed by atoms with E-state index < -0.39 is 0 Å². The summed E-state index contributed by atoms with van der Waals surface area (Å²) in [5, 5.41) is -0.0342. The predicted octanol–water partition coefficient (Wildman–Crippen LogP) is 1.12. The minimum Gasteiger partial charge on any atom is -0.293 e. The molecule has 1 rings (SSSR count). The molecule has 0 unspecified atom stereocenters. The smallest absolute Gasteiger partial charge is 0.201 e. The monoisotopic (exact) mass is 142 g/mol. The van der Waals surface area contributed by atoms with Crippen molar-refractivity contribution in [2.24, 2.45) is 0 Å². The van der Waals surface area contributed by atoms with Crippen LogP contribution in [0, 0.1) is 0 Å². The molecule has 48 valence electrons. The van der Waals surface area contributed by atoms with Crippen LogP contribution in [0.1, 0.15) is 13.3 Å².